The molecule has 4 rings (SSSR count). The SMILES string of the molecule is CS(=O)(=O)N1CCCC(c2ccc(Nc3nc(Cl)cc4cc[nH]c(=O)c34)cc2)C1. The topological polar surface area (TPSA) is 95.2 Å². The predicted molar refractivity (Wildman–Crippen MR) is 115 cm³/mol. The minimum atomic E-state index is -3.18. The van der Waals surface area contributed by atoms with E-state index in [1.54, 1.807) is 22.6 Å². The first-order valence-corrected chi connectivity index (χ1v) is 11.5. The van der Waals surface area contributed by atoms with Crippen LogP contribution in [0, 0.1) is 0 Å². The maximum absolute atomic E-state index is 12.2. The smallest absolute Gasteiger partial charge is 0.259 e. The summed E-state index contributed by atoms with van der Waals surface area (Å²) < 4.78 is 25.2. The van der Waals surface area contributed by atoms with Crippen LogP contribution in [0.2, 0.25) is 5.15 Å². The van der Waals surface area contributed by atoms with E-state index < -0.39 is 10.0 Å². The number of rotatable bonds is 4. The summed E-state index contributed by atoms with van der Waals surface area (Å²) in [6.45, 7) is 1.08. The van der Waals surface area contributed by atoms with Gasteiger partial charge < -0.3 is 10.3 Å². The molecule has 7 nitrogen and oxygen atoms in total. The molecule has 3 aromatic rings. The van der Waals surface area contributed by atoms with Crippen molar-refractivity contribution in [1.82, 2.24) is 14.3 Å². The molecule has 1 atom stereocenters. The maximum atomic E-state index is 12.2. The van der Waals surface area contributed by atoms with Crippen molar-refractivity contribution in [2.24, 2.45) is 0 Å². The summed E-state index contributed by atoms with van der Waals surface area (Å²) in [4.78, 5) is 19.2. The van der Waals surface area contributed by atoms with Crippen LogP contribution in [-0.4, -0.2) is 42.0 Å². The van der Waals surface area contributed by atoms with E-state index in [1.165, 1.54) is 6.26 Å². The number of pyridine rings is 2. The van der Waals surface area contributed by atoms with Crippen LogP contribution in [0.15, 0.2) is 47.4 Å². The lowest BCUT2D eigenvalue weighted by molar-refractivity contribution is 0.317. The van der Waals surface area contributed by atoms with Gasteiger partial charge in [0.05, 0.1) is 11.6 Å². The van der Waals surface area contributed by atoms with Gasteiger partial charge in [0.1, 0.15) is 11.0 Å². The fourth-order valence-corrected chi connectivity index (χ4v) is 4.88. The number of hydrogen-bond donors (Lipinski definition) is 2. The molecule has 2 aromatic heterocycles. The van der Waals surface area contributed by atoms with E-state index >= 15 is 0 Å². The van der Waals surface area contributed by atoms with Gasteiger partial charge in [-0.2, -0.15) is 0 Å². The molecule has 0 saturated carbocycles. The average molecular weight is 433 g/mol. The Bertz CT molecular complexity index is 1210. The third-order valence-electron chi connectivity index (χ3n) is 5.22. The number of anilines is 2. The summed E-state index contributed by atoms with van der Waals surface area (Å²) in [5, 5.41) is 4.61. The van der Waals surface area contributed by atoms with Crippen LogP contribution in [0.3, 0.4) is 0 Å². The lowest BCUT2D eigenvalue weighted by Crippen LogP contribution is -2.38. The molecule has 1 fully saturated rings. The van der Waals surface area contributed by atoms with Gasteiger partial charge in [0.25, 0.3) is 5.56 Å². The molecule has 152 valence electrons. The van der Waals surface area contributed by atoms with Crippen LogP contribution in [0.1, 0.15) is 24.3 Å². The highest BCUT2D eigenvalue weighted by atomic mass is 35.5. The first-order valence-electron chi connectivity index (χ1n) is 9.31. The van der Waals surface area contributed by atoms with Crippen molar-refractivity contribution in [2.75, 3.05) is 24.7 Å². The van der Waals surface area contributed by atoms with Gasteiger partial charge in [-0.1, -0.05) is 23.7 Å². The minimum Gasteiger partial charge on any atom is -0.339 e. The predicted octanol–water partition coefficient (Wildman–Crippen LogP) is 3.46. The van der Waals surface area contributed by atoms with Gasteiger partial charge in [-0.15, -0.1) is 0 Å². The molecule has 0 bridgehead atoms. The average Bonchev–Trinajstić information content (AvgIpc) is 2.68. The highest BCUT2D eigenvalue weighted by molar-refractivity contribution is 7.88. The largest absolute Gasteiger partial charge is 0.339 e. The second-order valence-electron chi connectivity index (χ2n) is 7.27. The molecule has 29 heavy (non-hydrogen) atoms. The Labute approximate surface area is 173 Å². The number of aromatic nitrogens is 2. The van der Waals surface area contributed by atoms with Crippen molar-refractivity contribution < 1.29 is 8.42 Å². The van der Waals surface area contributed by atoms with Crippen molar-refractivity contribution in [3.8, 4) is 0 Å². The monoisotopic (exact) mass is 432 g/mol. The zero-order valence-electron chi connectivity index (χ0n) is 15.9. The summed E-state index contributed by atoms with van der Waals surface area (Å²) in [7, 11) is -3.18. The Hall–Kier alpha value is -2.42. The molecule has 9 heteroatoms. The highest BCUT2D eigenvalue weighted by Crippen LogP contribution is 2.30. The van der Waals surface area contributed by atoms with Gasteiger partial charge in [0.15, 0.2) is 0 Å². The lowest BCUT2D eigenvalue weighted by Gasteiger charge is -2.31. The number of piperidine rings is 1. The molecule has 0 amide bonds. The summed E-state index contributed by atoms with van der Waals surface area (Å²) in [5.74, 6) is 0.559. The number of halogens is 1. The van der Waals surface area contributed by atoms with E-state index in [4.69, 9.17) is 11.6 Å². The standard InChI is InChI=1S/C20H21ClN4O3S/c1-29(27,28)25-10-2-3-15(12-25)13-4-6-16(7-5-13)23-19-18-14(11-17(21)24-19)8-9-22-20(18)26/h4-9,11,15H,2-3,10,12H2,1H3,(H,22,26)(H,23,24). The number of sulfonamides is 1. The van der Waals surface area contributed by atoms with E-state index in [-0.39, 0.29) is 11.5 Å². The molecular formula is C20H21ClN4O3S. The molecule has 1 aliphatic heterocycles. The zero-order chi connectivity index (χ0) is 20.6. The Balaban J connectivity index is 1.58. The third kappa shape index (κ3) is 4.29. The summed E-state index contributed by atoms with van der Waals surface area (Å²) in [6, 6.07) is 11.2. The number of H-pyrrole nitrogens is 1. The quantitative estimate of drug-likeness (QED) is 0.615. The number of nitrogens with zero attached hydrogens (tertiary/aromatic N) is 2. The van der Waals surface area contributed by atoms with Crippen molar-refractivity contribution in [2.45, 2.75) is 18.8 Å². The van der Waals surface area contributed by atoms with Crippen molar-refractivity contribution in [3.63, 3.8) is 0 Å². The van der Waals surface area contributed by atoms with Crippen LogP contribution in [-0.2, 0) is 10.0 Å². The first kappa shape index (κ1) is 19.9. The Morgan fingerprint density at radius 2 is 2.00 bits per heavy atom. The Kier molecular flexibility index (Phi) is 5.33. The number of nitrogens with one attached hydrogen (secondary N) is 2. The van der Waals surface area contributed by atoms with Crippen LogP contribution in [0.25, 0.3) is 10.8 Å². The van der Waals surface area contributed by atoms with Crippen molar-refractivity contribution >= 4 is 43.9 Å². The molecule has 2 N–H and O–H groups in total. The molecular weight excluding hydrogens is 412 g/mol. The molecule has 3 heterocycles. The number of fused-ring (bicyclic) bond motifs is 1. The molecule has 1 saturated heterocycles. The van der Waals surface area contributed by atoms with Crippen LogP contribution in [0.4, 0.5) is 11.5 Å². The van der Waals surface area contributed by atoms with Gasteiger partial charge in [-0.05, 0) is 54.0 Å². The van der Waals surface area contributed by atoms with Gasteiger partial charge in [-0.25, -0.2) is 17.7 Å². The molecule has 0 aliphatic carbocycles. The Morgan fingerprint density at radius 3 is 2.72 bits per heavy atom. The Morgan fingerprint density at radius 1 is 1.24 bits per heavy atom. The van der Waals surface area contributed by atoms with Crippen LogP contribution < -0.4 is 10.9 Å². The molecule has 0 spiro atoms. The van der Waals surface area contributed by atoms with Gasteiger partial charge in [0, 0.05) is 25.0 Å². The molecule has 1 aromatic carbocycles. The van der Waals surface area contributed by atoms with Gasteiger partial charge in [0.2, 0.25) is 10.0 Å². The van der Waals surface area contributed by atoms with Crippen molar-refractivity contribution in [3.05, 3.63) is 63.7 Å². The van der Waals surface area contributed by atoms with E-state index in [0.717, 1.165) is 24.1 Å². The normalized spacial score (nSPS) is 18.1. The number of hydrogen-bond acceptors (Lipinski definition) is 5. The van der Waals surface area contributed by atoms with Gasteiger partial charge >= 0.3 is 0 Å². The highest BCUT2D eigenvalue weighted by Gasteiger charge is 2.26. The second-order valence-corrected chi connectivity index (χ2v) is 9.64. The first-order chi connectivity index (χ1) is 13.8. The fraction of sp³-hybridized carbons (Fsp3) is 0.300. The molecule has 1 aliphatic rings. The summed E-state index contributed by atoms with van der Waals surface area (Å²) >= 11 is 6.10. The van der Waals surface area contributed by atoms with Crippen molar-refractivity contribution in [1.29, 1.82) is 0 Å². The number of benzene rings is 1. The van der Waals surface area contributed by atoms with Crippen LogP contribution >= 0.6 is 11.6 Å². The number of aromatic amines is 1. The van der Waals surface area contributed by atoms with E-state index in [0.29, 0.717) is 34.8 Å². The molecule has 1 unspecified atom stereocenters. The van der Waals surface area contributed by atoms with E-state index in [1.807, 2.05) is 24.3 Å². The van der Waals surface area contributed by atoms with Gasteiger partial charge in [-0.3, -0.25) is 4.79 Å². The lowest BCUT2D eigenvalue weighted by atomic mass is 9.91. The summed E-state index contributed by atoms with van der Waals surface area (Å²) in [6.07, 6.45) is 4.63. The molecule has 0 radical (unpaired) electrons. The van der Waals surface area contributed by atoms with E-state index in [2.05, 4.69) is 15.3 Å². The van der Waals surface area contributed by atoms with Crippen LogP contribution in [0.5, 0.6) is 0 Å². The third-order valence-corrected chi connectivity index (χ3v) is 6.68. The second kappa shape index (κ2) is 7.78. The van der Waals surface area contributed by atoms with E-state index in [9.17, 15) is 13.2 Å². The maximum Gasteiger partial charge on any atom is 0.259 e. The summed E-state index contributed by atoms with van der Waals surface area (Å²) in [5.41, 5.74) is 1.61. The zero-order valence-corrected chi connectivity index (χ0v) is 17.4. The fourth-order valence-electron chi connectivity index (χ4n) is 3.76. The minimum absolute atomic E-state index is 0.167.